The van der Waals surface area contributed by atoms with E-state index in [0.29, 0.717) is 11.1 Å². The van der Waals surface area contributed by atoms with Crippen LogP contribution in [-0.4, -0.2) is 14.3 Å². The Morgan fingerprint density at radius 1 is 1.14 bits per heavy atom. The molecule has 0 atom stereocenters. The summed E-state index contributed by atoms with van der Waals surface area (Å²) < 4.78 is 27.0. The summed E-state index contributed by atoms with van der Waals surface area (Å²) in [6.07, 6.45) is 0. The van der Waals surface area contributed by atoms with E-state index in [2.05, 4.69) is 4.72 Å². The molecule has 6 heteroatoms. The maximum Gasteiger partial charge on any atom is 0.241 e. The minimum absolute atomic E-state index is 0.0120. The Bertz CT molecular complexity index is 753. The zero-order valence-corrected chi connectivity index (χ0v) is 12.4. The Hall–Kier alpha value is -2.18. The van der Waals surface area contributed by atoms with Gasteiger partial charge in [0.2, 0.25) is 10.0 Å². The van der Waals surface area contributed by atoms with Crippen LogP contribution < -0.4 is 10.5 Å². The lowest BCUT2D eigenvalue weighted by Gasteiger charge is -2.09. The van der Waals surface area contributed by atoms with E-state index >= 15 is 0 Å². The number of hydrogen-bond acceptors (Lipinski definition) is 3. The van der Waals surface area contributed by atoms with Crippen LogP contribution in [0.5, 0.6) is 0 Å². The first-order valence-corrected chi connectivity index (χ1v) is 7.87. The van der Waals surface area contributed by atoms with Crippen molar-refractivity contribution in [1.29, 1.82) is 5.41 Å². The molecule has 0 amide bonds. The quantitative estimate of drug-likeness (QED) is 0.580. The number of nitrogen functional groups attached to an aromatic ring is 1. The van der Waals surface area contributed by atoms with Gasteiger partial charge in [-0.2, -0.15) is 0 Å². The van der Waals surface area contributed by atoms with E-state index in [0.717, 1.165) is 5.56 Å². The fourth-order valence-electron chi connectivity index (χ4n) is 1.92. The highest BCUT2D eigenvalue weighted by Crippen LogP contribution is 2.14. The molecule has 0 saturated heterocycles. The van der Waals surface area contributed by atoms with Crippen molar-refractivity contribution in [1.82, 2.24) is 4.72 Å². The number of amidine groups is 1. The van der Waals surface area contributed by atoms with Crippen LogP contribution in [-0.2, 0) is 16.6 Å². The van der Waals surface area contributed by atoms with Gasteiger partial charge < -0.3 is 5.73 Å². The second kappa shape index (κ2) is 6.07. The number of nitrogens with one attached hydrogen (secondary N) is 2. The van der Waals surface area contributed by atoms with E-state index in [-0.39, 0.29) is 17.3 Å². The maximum absolute atomic E-state index is 12.2. The largest absolute Gasteiger partial charge is 0.384 e. The van der Waals surface area contributed by atoms with E-state index in [1.165, 1.54) is 0 Å². The van der Waals surface area contributed by atoms with Gasteiger partial charge >= 0.3 is 0 Å². The van der Waals surface area contributed by atoms with Gasteiger partial charge in [-0.1, -0.05) is 42.5 Å². The second-order valence-corrected chi connectivity index (χ2v) is 6.44. The summed E-state index contributed by atoms with van der Waals surface area (Å²) >= 11 is 0. The predicted molar refractivity (Wildman–Crippen MR) is 82.7 cm³/mol. The molecule has 0 aliphatic heterocycles. The van der Waals surface area contributed by atoms with E-state index in [4.69, 9.17) is 11.1 Å². The van der Waals surface area contributed by atoms with Crippen molar-refractivity contribution in [3.8, 4) is 0 Å². The molecule has 5 nitrogen and oxygen atoms in total. The molecular weight excluding hydrogens is 286 g/mol. The maximum atomic E-state index is 12.2. The van der Waals surface area contributed by atoms with Crippen molar-refractivity contribution in [2.45, 2.75) is 18.4 Å². The van der Waals surface area contributed by atoms with Crippen LogP contribution in [0.1, 0.15) is 16.7 Å². The van der Waals surface area contributed by atoms with Gasteiger partial charge in [0.15, 0.2) is 0 Å². The van der Waals surface area contributed by atoms with E-state index in [9.17, 15) is 8.42 Å². The molecule has 0 radical (unpaired) electrons. The van der Waals surface area contributed by atoms with Crippen molar-refractivity contribution >= 4 is 15.9 Å². The zero-order valence-electron chi connectivity index (χ0n) is 11.6. The summed E-state index contributed by atoms with van der Waals surface area (Å²) in [6, 6.07) is 13.7. The molecule has 0 heterocycles. The van der Waals surface area contributed by atoms with Crippen molar-refractivity contribution < 1.29 is 8.42 Å². The summed E-state index contributed by atoms with van der Waals surface area (Å²) in [4.78, 5) is 0.283. The van der Waals surface area contributed by atoms with Crippen LogP contribution in [0.15, 0.2) is 53.4 Å². The fraction of sp³-hybridized carbons (Fsp3) is 0.133. The van der Waals surface area contributed by atoms with Gasteiger partial charge in [-0.3, -0.25) is 5.41 Å². The summed E-state index contributed by atoms with van der Waals surface area (Å²) in [5, 5.41) is 7.31. The smallest absolute Gasteiger partial charge is 0.241 e. The minimum atomic E-state index is -3.53. The molecule has 0 bridgehead atoms. The van der Waals surface area contributed by atoms with Crippen molar-refractivity contribution in [2.24, 2.45) is 5.73 Å². The molecule has 2 aromatic carbocycles. The van der Waals surface area contributed by atoms with Gasteiger partial charge in [-0.05, 0) is 24.1 Å². The summed E-state index contributed by atoms with van der Waals surface area (Å²) in [5.41, 5.74) is 7.49. The fourth-order valence-corrected chi connectivity index (χ4v) is 3.18. The van der Waals surface area contributed by atoms with Crippen molar-refractivity contribution in [3.05, 3.63) is 65.2 Å². The third-order valence-corrected chi connectivity index (χ3v) is 4.68. The summed E-state index contributed by atoms with van der Waals surface area (Å²) in [7, 11) is -3.53. The third kappa shape index (κ3) is 3.68. The van der Waals surface area contributed by atoms with E-state index < -0.39 is 10.0 Å². The second-order valence-electron chi connectivity index (χ2n) is 4.70. The number of rotatable bonds is 5. The van der Waals surface area contributed by atoms with Gasteiger partial charge in [0, 0.05) is 12.1 Å². The highest BCUT2D eigenvalue weighted by atomic mass is 32.2. The molecule has 0 aliphatic rings. The molecule has 0 aliphatic carbocycles. The first kappa shape index (κ1) is 15.2. The van der Waals surface area contributed by atoms with Crippen LogP contribution >= 0.6 is 0 Å². The number of nitrogens with two attached hydrogens (primary N) is 1. The highest BCUT2D eigenvalue weighted by Gasteiger charge is 2.15. The molecule has 21 heavy (non-hydrogen) atoms. The van der Waals surface area contributed by atoms with Gasteiger partial charge in [-0.15, -0.1) is 0 Å². The summed E-state index contributed by atoms with van der Waals surface area (Å²) in [6.45, 7) is 1.95. The highest BCUT2D eigenvalue weighted by molar-refractivity contribution is 7.89. The number of hydrogen-bond donors (Lipinski definition) is 3. The number of benzene rings is 2. The third-order valence-electron chi connectivity index (χ3n) is 3.11. The topological polar surface area (TPSA) is 96.0 Å². The molecule has 0 fully saturated rings. The molecular formula is C15H17N3O2S. The molecule has 0 spiro atoms. The Morgan fingerprint density at radius 2 is 1.76 bits per heavy atom. The minimum Gasteiger partial charge on any atom is -0.384 e. The molecule has 0 aromatic heterocycles. The lowest BCUT2D eigenvalue weighted by atomic mass is 10.1. The summed E-state index contributed by atoms with van der Waals surface area (Å²) in [5.74, 6) is -0.0120. The standard InChI is InChI=1S/C15H17N3O2S/c1-11-4-2-3-5-14(11)21(19,20)18-10-12-6-8-13(9-7-12)15(16)17/h2-9,18H,10H2,1H3,(H3,16,17). The van der Waals surface area contributed by atoms with Crippen LogP contribution in [0.2, 0.25) is 0 Å². The number of sulfonamides is 1. The van der Waals surface area contributed by atoms with Gasteiger partial charge in [-0.25, -0.2) is 13.1 Å². The van der Waals surface area contributed by atoms with Gasteiger partial charge in [0.1, 0.15) is 5.84 Å². The average molecular weight is 303 g/mol. The average Bonchev–Trinajstić information content (AvgIpc) is 2.46. The zero-order chi connectivity index (χ0) is 15.5. The van der Waals surface area contributed by atoms with Gasteiger partial charge in [0.25, 0.3) is 0 Å². The molecule has 2 aromatic rings. The van der Waals surface area contributed by atoms with Crippen LogP contribution in [0, 0.1) is 12.3 Å². The van der Waals surface area contributed by atoms with Crippen LogP contribution in [0.4, 0.5) is 0 Å². The van der Waals surface area contributed by atoms with Gasteiger partial charge in [0.05, 0.1) is 4.90 Å². The lowest BCUT2D eigenvalue weighted by Crippen LogP contribution is -2.24. The van der Waals surface area contributed by atoms with E-state index in [1.807, 2.05) is 0 Å². The Labute approximate surface area is 124 Å². The van der Waals surface area contributed by atoms with Crippen molar-refractivity contribution in [2.75, 3.05) is 0 Å². The van der Waals surface area contributed by atoms with Crippen molar-refractivity contribution in [3.63, 3.8) is 0 Å². The first-order chi connectivity index (χ1) is 9.90. The Balaban J connectivity index is 2.12. The predicted octanol–water partition coefficient (Wildman–Crippen LogP) is 1.76. The Kier molecular flexibility index (Phi) is 4.40. The van der Waals surface area contributed by atoms with E-state index in [1.54, 1.807) is 55.5 Å². The lowest BCUT2D eigenvalue weighted by molar-refractivity contribution is 0.580. The number of aryl methyl sites for hydroxylation is 1. The first-order valence-electron chi connectivity index (χ1n) is 6.39. The normalized spacial score (nSPS) is 11.3. The molecule has 0 saturated carbocycles. The molecule has 0 unspecified atom stereocenters. The SMILES string of the molecule is Cc1ccccc1S(=O)(=O)NCc1ccc(C(=N)N)cc1. The monoisotopic (exact) mass is 303 g/mol. The van der Waals surface area contributed by atoms with Crippen LogP contribution in [0.25, 0.3) is 0 Å². The van der Waals surface area contributed by atoms with Crippen LogP contribution in [0.3, 0.4) is 0 Å². The molecule has 110 valence electrons. The Morgan fingerprint density at radius 3 is 2.33 bits per heavy atom. The molecule has 4 N–H and O–H groups in total. The molecule has 2 rings (SSSR count).